The molecule has 3 heteroatoms. The molecule has 0 radical (unpaired) electrons. The quantitative estimate of drug-likeness (QED) is 0.773. The minimum Gasteiger partial charge on any atom is -0.384 e. The molecule has 0 aromatic carbocycles. The van der Waals surface area contributed by atoms with Crippen LogP contribution in [-0.4, -0.2) is 9.55 Å². The Morgan fingerprint density at radius 1 is 1.31 bits per heavy atom. The summed E-state index contributed by atoms with van der Waals surface area (Å²) in [5, 5.41) is 0. The second kappa shape index (κ2) is 4.30. The monoisotopic (exact) mass is 181 g/mol. The molecule has 1 rings (SSSR count). The van der Waals surface area contributed by atoms with Crippen LogP contribution in [0.5, 0.6) is 0 Å². The highest BCUT2D eigenvalue weighted by molar-refractivity contribution is 5.38. The molecule has 13 heavy (non-hydrogen) atoms. The van der Waals surface area contributed by atoms with E-state index in [0.29, 0.717) is 0 Å². The molecule has 0 aliphatic carbocycles. The van der Waals surface area contributed by atoms with Crippen molar-refractivity contribution in [3.05, 3.63) is 11.5 Å². The fourth-order valence-corrected chi connectivity index (χ4v) is 1.57. The topological polar surface area (TPSA) is 43.8 Å². The number of hydrogen-bond donors (Lipinski definition) is 1. The van der Waals surface area contributed by atoms with E-state index in [1.165, 1.54) is 0 Å². The van der Waals surface area contributed by atoms with Crippen molar-refractivity contribution in [3.8, 4) is 0 Å². The molecule has 0 spiro atoms. The summed E-state index contributed by atoms with van der Waals surface area (Å²) in [6.07, 6.45) is 3.20. The van der Waals surface area contributed by atoms with Crippen molar-refractivity contribution in [1.29, 1.82) is 0 Å². The van der Waals surface area contributed by atoms with E-state index < -0.39 is 0 Å². The number of nitrogens with two attached hydrogens (primary N) is 1. The summed E-state index contributed by atoms with van der Waals surface area (Å²) >= 11 is 0. The van der Waals surface area contributed by atoms with E-state index in [4.69, 9.17) is 5.73 Å². The summed E-state index contributed by atoms with van der Waals surface area (Å²) in [6, 6.07) is 0. The minimum absolute atomic E-state index is 0.862. The van der Waals surface area contributed by atoms with Crippen molar-refractivity contribution in [2.24, 2.45) is 0 Å². The maximum atomic E-state index is 5.98. The Morgan fingerprint density at radius 2 is 2.00 bits per heavy atom. The van der Waals surface area contributed by atoms with Gasteiger partial charge in [0.25, 0.3) is 0 Å². The van der Waals surface area contributed by atoms with Crippen molar-refractivity contribution in [1.82, 2.24) is 9.55 Å². The molecule has 3 nitrogen and oxygen atoms in total. The van der Waals surface area contributed by atoms with E-state index in [2.05, 4.69) is 23.4 Å². The highest BCUT2D eigenvalue weighted by Crippen LogP contribution is 2.15. The van der Waals surface area contributed by atoms with Crippen molar-refractivity contribution >= 4 is 5.82 Å². The van der Waals surface area contributed by atoms with Gasteiger partial charge in [-0.2, -0.15) is 0 Å². The molecule has 0 fully saturated rings. The van der Waals surface area contributed by atoms with E-state index in [1.807, 2.05) is 6.92 Å². The number of aromatic nitrogens is 2. The number of anilines is 1. The van der Waals surface area contributed by atoms with E-state index >= 15 is 0 Å². The van der Waals surface area contributed by atoms with Gasteiger partial charge in [0.1, 0.15) is 11.6 Å². The molecule has 0 aliphatic rings. The van der Waals surface area contributed by atoms with Crippen LogP contribution in [0.25, 0.3) is 0 Å². The highest BCUT2D eigenvalue weighted by atomic mass is 15.1. The van der Waals surface area contributed by atoms with Crippen LogP contribution in [0.15, 0.2) is 0 Å². The summed E-state index contributed by atoms with van der Waals surface area (Å²) in [7, 11) is 0. The number of imidazole rings is 1. The zero-order valence-corrected chi connectivity index (χ0v) is 8.80. The zero-order chi connectivity index (χ0) is 9.84. The summed E-state index contributed by atoms with van der Waals surface area (Å²) in [5.41, 5.74) is 7.04. The van der Waals surface area contributed by atoms with E-state index in [1.54, 1.807) is 0 Å². The molecule has 74 valence electrons. The average Bonchev–Trinajstić information content (AvgIpc) is 2.34. The molecule has 0 saturated heterocycles. The van der Waals surface area contributed by atoms with E-state index in [-0.39, 0.29) is 0 Å². The fraction of sp³-hybridized carbons (Fsp3) is 0.700. The van der Waals surface area contributed by atoms with Crippen LogP contribution in [0, 0.1) is 6.92 Å². The first kappa shape index (κ1) is 10.1. The van der Waals surface area contributed by atoms with Gasteiger partial charge in [-0.1, -0.05) is 20.3 Å². The second-order valence-electron chi connectivity index (χ2n) is 3.39. The van der Waals surface area contributed by atoms with Gasteiger partial charge >= 0.3 is 0 Å². The van der Waals surface area contributed by atoms with Crippen molar-refractivity contribution in [2.45, 2.75) is 46.6 Å². The number of rotatable bonds is 4. The number of aryl methyl sites for hydroxylation is 2. The number of nitrogens with zero attached hydrogens (tertiary/aromatic N) is 2. The first-order chi connectivity index (χ1) is 6.20. The Balaban J connectivity index is 2.92. The predicted octanol–water partition coefficient (Wildman–Crippen LogP) is 2.14. The Labute approximate surface area is 80.0 Å². The minimum atomic E-state index is 0.862. The lowest BCUT2D eigenvalue weighted by molar-refractivity contribution is 0.665. The molecule has 0 saturated carbocycles. The standard InChI is InChI=1S/C10H19N3/c1-4-6-9-10(11)13(7-5-2)8(3)12-9/h4-7,11H2,1-3H3. The van der Waals surface area contributed by atoms with Crippen molar-refractivity contribution in [2.75, 3.05) is 5.73 Å². The van der Waals surface area contributed by atoms with Crippen LogP contribution in [-0.2, 0) is 13.0 Å². The second-order valence-corrected chi connectivity index (χ2v) is 3.39. The van der Waals surface area contributed by atoms with Gasteiger partial charge in [0, 0.05) is 6.54 Å². The maximum Gasteiger partial charge on any atom is 0.126 e. The Morgan fingerprint density at radius 3 is 2.54 bits per heavy atom. The summed E-state index contributed by atoms with van der Waals surface area (Å²) < 4.78 is 2.10. The zero-order valence-electron chi connectivity index (χ0n) is 8.80. The molecule has 0 aliphatic heterocycles. The average molecular weight is 181 g/mol. The molecule has 1 aromatic heterocycles. The Bertz CT molecular complexity index is 276. The van der Waals surface area contributed by atoms with Crippen LogP contribution < -0.4 is 5.73 Å². The van der Waals surface area contributed by atoms with Gasteiger partial charge in [-0.15, -0.1) is 0 Å². The molecule has 1 heterocycles. The molecular formula is C10H19N3. The van der Waals surface area contributed by atoms with Gasteiger partial charge in [-0.25, -0.2) is 4.98 Å². The van der Waals surface area contributed by atoms with Gasteiger partial charge in [0.05, 0.1) is 5.69 Å². The summed E-state index contributed by atoms with van der Waals surface area (Å²) in [4.78, 5) is 4.46. The van der Waals surface area contributed by atoms with Crippen LogP contribution in [0.1, 0.15) is 38.2 Å². The lowest BCUT2D eigenvalue weighted by Crippen LogP contribution is -2.04. The van der Waals surface area contributed by atoms with Gasteiger partial charge in [0.2, 0.25) is 0 Å². The largest absolute Gasteiger partial charge is 0.384 e. The van der Waals surface area contributed by atoms with Crippen LogP contribution in [0.2, 0.25) is 0 Å². The molecule has 0 amide bonds. The number of hydrogen-bond acceptors (Lipinski definition) is 2. The normalized spacial score (nSPS) is 10.7. The molecule has 0 bridgehead atoms. The van der Waals surface area contributed by atoms with Crippen molar-refractivity contribution in [3.63, 3.8) is 0 Å². The summed E-state index contributed by atoms with van der Waals surface area (Å²) in [5.74, 6) is 1.91. The van der Waals surface area contributed by atoms with Crippen LogP contribution in [0.4, 0.5) is 5.82 Å². The molecule has 0 atom stereocenters. The predicted molar refractivity (Wildman–Crippen MR) is 55.7 cm³/mol. The van der Waals surface area contributed by atoms with Crippen molar-refractivity contribution < 1.29 is 0 Å². The van der Waals surface area contributed by atoms with Crippen LogP contribution in [0.3, 0.4) is 0 Å². The fourth-order valence-electron chi connectivity index (χ4n) is 1.57. The first-order valence-corrected chi connectivity index (χ1v) is 5.02. The third-order valence-electron chi connectivity index (χ3n) is 2.21. The SMILES string of the molecule is CCCc1nc(C)n(CCC)c1N. The number of nitrogen functional groups attached to an aromatic ring is 1. The van der Waals surface area contributed by atoms with Gasteiger partial charge in [0.15, 0.2) is 0 Å². The van der Waals surface area contributed by atoms with Gasteiger partial charge in [-0.05, 0) is 19.8 Å². The molecular weight excluding hydrogens is 162 g/mol. The smallest absolute Gasteiger partial charge is 0.126 e. The maximum absolute atomic E-state index is 5.98. The van der Waals surface area contributed by atoms with E-state index in [9.17, 15) is 0 Å². The molecule has 0 unspecified atom stereocenters. The van der Waals surface area contributed by atoms with Gasteiger partial charge < -0.3 is 10.3 Å². The highest BCUT2D eigenvalue weighted by Gasteiger charge is 2.09. The lowest BCUT2D eigenvalue weighted by Gasteiger charge is -2.04. The Hall–Kier alpha value is -0.990. The lowest BCUT2D eigenvalue weighted by atomic mass is 10.2. The summed E-state index contributed by atoms with van der Waals surface area (Å²) in [6.45, 7) is 7.30. The van der Waals surface area contributed by atoms with E-state index in [0.717, 1.165) is 43.1 Å². The first-order valence-electron chi connectivity index (χ1n) is 5.02. The third kappa shape index (κ3) is 2.02. The van der Waals surface area contributed by atoms with Gasteiger partial charge in [-0.3, -0.25) is 0 Å². The molecule has 2 N–H and O–H groups in total. The Kier molecular flexibility index (Phi) is 3.34. The van der Waals surface area contributed by atoms with Crippen LogP contribution >= 0.6 is 0 Å². The third-order valence-corrected chi connectivity index (χ3v) is 2.21. The molecule has 1 aromatic rings.